The van der Waals surface area contributed by atoms with E-state index >= 15 is 0 Å². The molecule has 0 bridgehead atoms. The van der Waals surface area contributed by atoms with Gasteiger partial charge in [-0.15, -0.1) is 0 Å². The Morgan fingerprint density at radius 3 is 2.89 bits per heavy atom. The van der Waals surface area contributed by atoms with Crippen LogP contribution in [0.5, 0.6) is 0 Å². The molecule has 0 spiro atoms. The van der Waals surface area contributed by atoms with Gasteiger partial charge in [-0.3, -0.25) is 4.79 Å². The van der Waals surface area contributed by atoms with Gasteiger partial charge in [0.2, 0.25) is 5.91 Å². The first-order valence-corrected chi connectivity index (χ1v) is 7.36. The molecule has 3 rings (SSSR count). The summed E-state index contributed by atoms with van der Waals surface area (Å²) in [5.74, 6) is 0.233. The monoisotopic (exact) mass is 262 g/mol. The van der Waals surface area contributed by atoms with Crippen LogP contribution in [0.15, 0.2) is 12.5 Å². The smallest absolute Gasteiger partial charge is 0.242 e. The number of hydrogen-bond acceptors (Lipinski definition) is 3. The molecule has 0 aliphatic carbocycles. The highest BCUT2D eigenvalue weighted by Gasteiger charge is 2.22. The van der Waals surface area contributed by atoms with Crippen LogP contribution in [-0.4, -0.2) is 40.0 Å². The molecular formula is C14H22N4O. The Hall–Kier alpha value is -1.36. The molecule has 0 aromatic carbocycles. The van der Waals surface area contributed by atoms with Crippen molar-refractivity contribution in [1.29, 1.82) is 0 Å². The van der Waals surface area contributed by atoms with Crippen LogP contribution in [0.4, 0.5) is 0 Å². The molecule has 1 aromatic rings. The minimum absolute atomic E-state index is 0.233. The van der Waals surface area contributed by atoms with Gasteiger partial charge in [-0.1, -0.05) is 0 Å². The number of nitrogens with zero attached hydrogens (tertiary/aromatic N) is 3. The van der Waals surface area contributed by atoms with Crippen LogP contribution >= 0.6 is 0 Å². The van der Waals surface area contributed by atoms with E-state index in [1.807, 2.05) is 15.7 Å². The average Bonchev–Trinajstić information content (AvgIpc) is 3.10. The molecule has 1 N–H and O–H groups in total. The van der Waals surface area contributed by atoms with Gasteiger partial charge in [-0.05, 0) is 38.6 Å². The molecular weight excluding hydrogens is 240 g/mol. The van der Waals surface area contributed by atoms with Crippen molar-refractivity contribution >= 4 is 5.91 Å². The molecule has 2 saturated heterocycles. The molecule has 1 atom stereocenters. The van der Waals surface area contributed by atoms with E-state index in [2.05, 4.69) is 10.3 Å². The van der Waals surface area contributed by atoms with Crippen molar-refractivity contribution in [2.24, 2.45) is 0 Å². The maximum Gasteiger partial charge on any atom is 0.242 e. The van der Waals surface area contributed by atoms with E-state index < -0.39 is 0 Å². The first-order chi connectivity index (χ1) is 9.34. The minimum atomic E-state index is 0.233. The summed E-state index contributed by atoms with van der Waals surface area (Å²) < 4.78 is 2.01. The van der Waals surface area contributed by atoms with Crippen LogP contribution < -0.4 is 5.32 Å². The Labute approximate surface area is 114 Å². The molecule has 2 aliphatic rings. The molecule has 3 heterocycles. The summed E-state index contributed by atoms with van der Waals surface area (Å²) >= 11 is 0. The third-order valence-electron chi connectivity index (χ3n) is 4.18. The Morgan fingerprint density at radius 1 is 1.32 bits per heavy atom. The van der Waals surface area contributed by atoms with Gasteiger partial charge in [0.25, 0.3) is 0 Å². The molecule has 5 nitrogen and oxygen atoms in total. The molecule has 104 valence electrons. The van der Waals surface area contributed by atoms with Crippen LogP contribution in [0.2, 0.25) is 0 Å². The number of rotatable bonds is 3. The number of imidazole rings is 1. The van der Waals surface area contributed by atoms with Crippen molar-refractivity contribution in [3.05, 3.63) is 18.2 Å². The van der Waals surface area contributed by atoms with Gasteiger partial charge < -0.3 is 14.8 Å². The van der Waals surface area contributed by atoms with Crippen LogP contribution in [-0.2, 0) is 11.3 Å². The summed E-state index contributed by atoms with van der Waals surface area (Å²) in [5.41, 5.74) is 1.16. The maximum absolute atomic E-state index is 12.3. The highest BCUT2D eigenvalue weighted by molar-refractivity contribution is 5.76. The number of carbonyl (C=O) groups is 1. The predicted octanol–water partition coefficient (Wildman–Crippen LogP) is 1.32. The standard InChI is InChI=1S/C14H22N4O/c19-14(17-7-2-1-3-8-17)10-18-11-15-9-13(18)12-5-4-6-16-12/h9,11-12,16H,1-8,10H2. The highest BCUT2D eigenvalue weighted by atomic mass is 16.2. The molecule has 1 unspecified atom stereocenters. The maximum atomic E-state index is 12.3. The largest absolute Gasteiger partial charge is 0.341 e. The van der Waals surface area contributed by atoms with E-state index in [0.29, 0.717) is 12.6 Å². The van der Waals surface area contributed by atoms with Crippen molar-refractivity contribution in [2.45, 2.75) is 44.7 Å². The summed E-state index contributed by atoms with van der Waals surface area (Å²) in [5, 5.41) is 3.47. The zero-order chi connectivity index (χ0) is 13.1. The van der Waals surface area contributed by atoms with Gasteiger partial charge in [-0.25, -0.2) is 4.98 Å². The normalized spacial score (nSPS) is 23.8. The van der Waals surface area contributed by atoms with E-state index in [-0.39, 0.29) is 5.91 Å². The Morgan fingerprint density at radius 2 is 2.16 bits per heavy atom. The first-order valence-electron chi connectivity index (χ1n) is 7.36. The second kappa shape index (κ2) is 5.74. The lowest BCUT2D eigenvalue weighted by molar-refractivity contribution is -0.132. The molecule has 19 heavy (non-hydrogen) atoms. The fraction of sp³-hybridized carbons (Fsp3) is 0.714. The van der Waals surface area contributed by atoms with Crippen molar-refractivity contribution in [1.82, 2.24) is 19.8 Å². The average molecular weight is 262 g/mol. The number of likely N-dealkylation sites (tertiary alicyclic amines) is 1. The molecule has 0 radical (unpaired) electrons. The van der Waals surface area contributed by atoms with Crippen molar-refractivity contribution < 1.29 is 4.79 Å². The van der Waals surface area contributed by atoms with Gasteiger partial charge in [0.1, 0.15) is 6.54 Å². The Bertz CT molecular complexity index is 430. The zero-order valence-corrected chi connectivity index (χ0v) is 11.3. The number of carbonyl (C=O) groups excluding carboxylic acids is 1. The van der Waals surface area contributed by atoms with E-state index in [4.69, 9.17) is 0 Å². The van der Waals surface area contributed by atoms with Crippen LogP contribution in [0.25, 0.3) is 0 Å². The molecule has 5 heteroatoms. The zero-order valence-electron chi connectivity index (χ0n) is 11.3. The van der Waals surface area contributed by atoms with Crippen molar-refractivity contribution in [3.8, 4) is 0 Å². The fourth-order valence-electron chi connectivity index (χ4n) is 3.08. The van der Waals surface area contributed by atoms with Crippen LogP contribution in [0, 0.1) is 0 Å². The van der Waals surface area contributed by atoms with Gasteiger partial charge in [0, 0.05) is 25.3 Å². The van der Waals surface area contributed by atoms with Crippen LogP contribution in [0.3, 0.4) is 0 Å². The second-order valence-corrected chi connectivity index (χ2v) is 5.54. The van der Waals surface area contributed by atoms with E-state index in [0.717, 1.165) is 44.6 Å². The molecule has 2 fully saturated rings. The fourth-order valence-corrected chi connectivity index (χ4v) is 3.08. The third-order valence-corrected chi connectivity index (χ3v) is 4.18. The Kier molecular flexibility index (Phi) is 3.82. The predicted molar refractivity (Wildman–Crippen MR) is 72.6 cm³/mol. The topological polar surface area (TPSA) is 50.2 Å². The number of nitrogens with one attached hydrogen (secondary N) is 1. The van der Waals surface area contributed by atoms with Gasteiger partial charge in [0.05, 0.1) is 12.0 Å². The number of hydrogen-bond donors (Lipinski definition) is 1. The van der Waals surface area contributed by atoms with E-state index in [1.165, 1.54) is 12.8 Å². The first kappa shape index (κ1) is 12.7. The number of amides is 1. The van der Waals surface area contributed by atoms with Crippen LogP contribution in [0.1, 0.15) is 43.8 Å². The van der Waals surface area contributed by atoms with Gasteiger partial charge >= 0.3 is 0 Å². The van der Waals surface area contributed by atoms with Gasteiger partial charge in [0.15, 0.2) is 0 Å². The molecule has 2 aliphatic heterocycles. The van der Waals surface area contributed by atoms with Gasteiger partial charge in [-0.2, -0.15) is 0 Å². The SMILES string of the molecule is O=C(Cn1cncc1C1CCCN1)N1CCCCC1. The van der Waals surface area contributed by atoms with Crippen molar-refractivity contribution in [3.63, 3.8) is 0 Å². The van der Waals surface area contributed by atoms with E-state index in [1.54, 1.807) is 6.33 Å². The lowest BCUT2D eigenvalue weighted by Gasteiger charge is -2.27. The summed E-state index contributed by atoms with van der Waals surface area (Å²) in [6, 6.07) is 0.372. The lowest BCUT2D eigenvalue weighted by atomic mass is 10.1. The lowest BCUT2D eigenvalue weighted by Crippen LogP contribution is -2.38. The third kappa shape index (κ3) is 2.81. The number of aromatic nitrogens is 2. The van der Waals surface area contributed by atoms with E-state index in [9.17, 15) is 4.79 Å². The summed E-state index contributed by atoms with van der Waals surface area (Å²) in [7, 11) is 0. The second-order valence-electron chi connectivity index (χ2n) is 5.54. The summed E-state index contributed by atoms with van der Waals surface area (Å²) in [6.45, 7) is 3.35. The Balaban J connectivity index is 1.65. The molecule has 1 amide bonds. The quantitative estimate of drug-likeness (QED) is 0.894. The molecule has 1 aromatic heterocycles. The summed E-state index contributed by atoms with van der Waals surface area (Å²) in [6.07, 6.45) is 9.58. The van der Waals surface area contributed by atoms with Crippen molar-refractivity contribution in [2.75, 3.05) is 19.6 Å². The highest BCUT2D eigenvalue weighted by Crippen LogP contribution is 2.22. The minimum Gasteiger partial charge on any atom is -0.341 e. The number of piperidine rings is 1. The molecule has 0 saturated carbocycles. The summed E-state index contributed by atoms with van der Waals surface area (Å²) in [4.78, 5) is 18.5.